The summed E-state index contributed by atoms with van der Waals surface area (Å²) in [5.74, 6) is 1.60. The smallest absolute Gasteiger partial charge is 0.243 e. The fourth-order valence-corrected chi connectivity index (χ4v) is 3.56. The van der Waals surface area contributed by atoms with E-state index in [2.05, 4.69) is 26.6 Å². The van der Waals surface area contributed by atoms with Crippen molar-refractivity contribution in [1.82, 2.24) is 4.72 Å². The van der Waals surface area contributed by atoms with E-state index in [0.29, 0.717) is 0 Å². The summed E-state index contributed by atoms with van der Waals surface area (Å²) >= 11 is 2.98. The molecule has 0 heterocycles. The Morgan fingerprint density at radius 2 is 2.06 bits per heavy atom. The number of rotatable bonds is 3. The molecular weight excluding hydrogens is 323 g/mol. The van der Waals surface area contributed by atoms with E-state index < -0.39 is 21.4 Å². The number of nitrogens with two attached hydrogens (primary N) is 1. The molecule has 3 N–H and O–H groups in total. The monoisotopic (exact) mass is 334 g/mol. The van der Waals surface area contributed by atoms with Crippen molar-refractivity contribution in [1.29, 1.82) is 0 Å². The quantitative estimate of drug-likeness (QED) is 0.654. The number of benzene rings is 1. The van der Waals surface area contributed by atoms with Crippen molar-refractivity contribution >= 4 is 31.6 Å². The minimum atomic E-state index is -3.89. The van der Waals surface area contributed by atoms with E-state index in [9.17, 15) is 12.8 Å². The van der Waals surface area contributed by atoms with Crippen LogP contribution >= 0.6 is 15.9 Å². The molecule has 0 saturated carbocycles. The van der Waals surface area contributed by atoms with Crippen molar-refractivity contribution in [2.75, 3.05) is 5.73 Å². The largest absolute Gasteiger partial charge is 0.396 e. The van der Waals surface area contributed by atoms with E-state index in [1.807, 2.05) is 0 Å². The van der Waals surface area contributed by atoms with Gasteiger partial charge in [-0.1, -0.05) is 5.92 Å². The van der Waals surface area contributed by atoms with E-state index in [1.54, 1.807) is 0 Å². The summed E-state index contributed by atoms with van der Waals surface area (Å²) in [6, 6.07) is 2.03. The predicted octanol–water partition coefficient (Wildman–Crippen LogP) is 1.86. The Labute approximate surface area is 114 Å². The molecule has 0 radical (unpaired) electrons. The fraction of sp³-hybridized carbons (Fsp3) is 0.273. The lowest BCUT2D eigenvalue weighted by Crippen LogP contribution is -2.42. The number of halogens is 2. The third-order valence-electron chi connectivity index (χ3n) is 2.09. The molecule has 18 heavy (non-hydrogen) atoms. The van der Waals surface area contributed by atoms with E-state index in [1.165, 1.54) is 13.8 Å². The number of nitrogen functional groups attached to an aromatic ring is 1. The first-order valence-corrected chi connectivity index (χ1v) is 7.13. The van der Waals surface area contributed by atoms with Gasteiger partial charge in [0.2, 0.25) is 10.0 Å². The molecule has 0 aliphatic carbocycles. The Balaban J connectivity index is 3.31. The Hall–Kier alpha value is -1.10. The molecule has 4 nitrogen and oxygen atoms in total. The van der Waals surface area contributed by atoms with Gasteiger partial charge in [0.15, 0.2) is 0 Å². The van der Waals surface area contributed by atoms with Crippen LogP contribution in [0.1, 0.15) is 13.8 Å². The molecule has 0 unspecified atom stereocenters. The lowest BCUT2D eigenvalue weighted by molar-refractivity contribution is 0.538. The van der Waals surface area contributed by atoms with E-state index >= 15 is 0 Å². The Morgan fingerprint density at radius 1 is 1.50 bits per heavy atom. The summed E-state index contributed by atoms with van der Waals surface area (Å²) in [4.78, 5) is -0.162. The first-order chi connectivity index (χ1) is 8.09. The van der Waals surface area contributed by atoms with Crippen LogP contribution in [0, 0.1) is 18.2 Å². The SMILES string of the molecule is C#CC(C)(C)NS(=O)(=O)c1cc(N)c(F)cc1Br. The van der Waals surface area contributed by atoms with Crippen molar-refractivity contribution in [3.8, 4) is 12.3 Å². The van der Waals surface area contributed by atoms with Gasteiger partial charge in [-0.25, -0.2) is 12.8 Å². The molecule has 1 rings (SSSR count). The van der Waals surface area contributed by atoms with E-state index in [4.69, 9.17) is 12.2 Å². The Kier molecular flexibility index (Phi) is 4.05. The van der Waals surface area contributed by atoms with Crippen LogP contribution in [0.25, 0.3) is 0 Å². The summed E-state index contributed by atoms with van der Waals surface area (Å²) in [5.41, 5.74) is 4.05. The van der Waals surface area contributed by atoms with Crippen molar-refractivity contribution in [3.63, 3.8) is 0 Å². The zero-order chi connectivity index (χ0) is 14.1. The summed E-state index contributed by atoms with van der Waals surface area (Å²) < 4.78 is 39.7. The number of hydrogen-bond acceptors (Lipinski definition) is 3. The summed E-state index contributed by atoms with van der Waals surface area (Å²) in [7, 11) is -3.89. The van der Waals surface area contributed by atoms with Gasteiger partial charge < -0.3 is 5.73 Å². The third-order valence-corrected chi connectivity index (χ3v) is 4.71. The average Bonchev–Trinajstić information content (AvgIpc) is 2.21. The molecular formula is C11H12BrFN2O2S. The zero-order valence-electron chi connectivity index (χ0n) is 9.79. The standard InChI is InChI=1S/C11H12BrFN2O2S/c1-4-11(2,3)15-18(16,17)10-6-9(14)8(13)5-7(10)12/h1,5-6,15H,14H2,2-3H3. The van der Waals surface area contributed by atoms with Gasteiger partial charge in [-0.15, -0.1) is 6.42 Å². The lowest BCUT2D eigenvalue weighted by Gasteiger charge is -2.20. The second kappa shape index (κ2) is 4.88. The van der Waals surface area contributed by atoms with Crippen molar-refractivity contribution in [3.05, 3.63) is 22.4 Å². The maximum atomic E-state index is 13.1. The number of anilines is 1. The number of nitrogens with one attached hydrogen (secondary N) is 1. The molecule has 98 valence electrons. The van der Waals surface area contributed by atoms with Gasteiger partial charge in [0.25, 0.3) is 0 Å². The van der Waals surface area contributed by atoms with Crippen molar-refractivity contribution < 1.29 is 12.8 Å². The van der Waals surface area contributed by atoms with Crippen LogP contribution in [0.4, 0.5) is 10.1 Å². The molecule has 0 atom stereocenters. The zero-order valence-corrected chi connectivity index (χ0v) is 12.2. The molecule has 0 fully saturated rings. The van der Waals surface area contributed by atoms with Gasteiger partial charge in [-0.05, 0) is 41.9 Å². The Bertz CT molecular complexity index is 621. The molecule has 0 saturated heterocycles. The fourth-order valence-electron chi connectivity index (χ4n) is 1.17. The molecule has 1 aromatic carbocycles. The molecule has 0 aliphatic rings. The lowest BCUT2D eigenvalue weighted by atomic mass is 10.1. The number of sulfonamides is 1. The van der Waals surface area contributed by atoms with Crippen LogP contribution in [0.2, 0.25) is 0 Å². The van der Waals surface area contributed by atoms with Crippen molar-refractivity contribution in [2.45, 2.75) is 24.3 Å². The van der Waals surface area contributed by atoms with Gasteiger partial charge in [-0.3, -0.25) is 0 Å². The highest BCUT2D eigenvalue weighted by Crippen LogP contribution is 2.27. The molecule has 0 bridgehead atoms. The Morgan fingerprint density at radius 3 is 2.56 bits per heavy atom. The first kappa shape index (κ1) is 15.0. The van der Waals surface area contributed by atoms with Crippen LogP contribution < -0.4 is 10.5 Å². The van der Waals surface area contributed by atoms with Crippen LogP contribution in [-0.4, -0.2) is 14.0 Å². The average molecular weight is 335 g/mol. The second-order valence-electron chi connectivity index (χ2n) is 4.18. The third kappa shape index (κ3) is 3.22. The van der Waals surface area contributed by atoms with Crippen LogP contribution in [-0.2, 0) is 10.0 Å². The minimum Gasteiger partial charge on any atom is -0.396 e. The molecule has 0 amide bonds. The normalized spacial score (nSPS) is 12.2. The van der Waals surface area contributed by atoms with Crippen LogP contribution in [0.15, 0.2) is 21.5 Å². The highest BCUT2D eigenvalue weighted by Gasteiger charge is 2.26. The molecule has 1 aromatic rings. The maximum absolute atomic E-state index is 13.1. The maximum Gasteiger partial charge on any atom is 0.243 e. The molecule has 0 aromatic heterocycles. The van der Waals surface area contributed by atoms with Crippen LogP contribution in [0.3, 0.4) is 0 Å². The predicted molar refractivity (Wildman–Crippen MR) is 71.7 cm³/mol. The van der Waals surface area contributed by atoms with Gasteiger partial charge in [0.05, 0.1) is 16.1 Å². The minimum absolute atomic E-state index is 0.0783. The second-order valence-corrected chi connectivity index (χ2v) is 6.68. The first-order valence-electron chi connectivity index (χ1n) is 4.85. The van der Waals surface area contributed by atoms with Gasteiger partial charge in [-0.2, -0.15) is 4.72 Å². The van der Waals surface area contributed by atoms with E-state index in [0.717, 1.165) is 12.1 Å². The highest BCUT2D eigenvalue weighted by molar-refractivity contribution is 9.10. The van der Waals surface area contributed by atoms with Crippen molar-refractivity contribution in [2.24, 2.45) is 0 Å². The van der Waals surface area contributed by atoms with Gasteiger partial charge in [0, 0.05) is 4.47 Å². The van der Waals surface area contributed by atoms with Gasteiger partial charge in [0.1, 0.15) is 5.82 Å². The summed E-state index contributed by atoms with van der Waals surface area (Å²) in [6.07, 6.45) is 5.21. The van der Waals surface area contributed by atoms with Crippen LogP contribution in [0.5, 0.6) is 0 Å². The van der Waals surface area contributed by atoms with E-state index in [-0.39, 0.29) is 15.1 Å². The number of hydrogen-bond donors (Lipinski definition) is 2. The topological polar surface area (TPSA) is 72.2 Å². The van der Waals surface area contributed by atoms with Gasteiger partial charge >= 0.3 is 0 Å². The highest BCUT2D eigenvalue weighted by atomic mass is 79.9. The summed E-state index contributed by atoms with van der Waals surface area (Å²) in [5, 5.41) is 0. The molecule has 0 spiro atoms. The number of terminal acetylenes is 1. The molecule has 0 aliphatic heterocycles. The molecule has 7 heteroatoms. The summed E-state index contributed by atoms with van der Waals surface area (Å²) in [6.45, 7) is 3.07.